The SMILES string of the molecule is Cc1cccc(C(=O)Nc2ccc(Cl)cc2N)c1Cl. The fraction of sp³-hybridized carbons (Fsp3) is 0.0714. The van der Waals surface area contributed by atoms with Crippen molar-refractivity contribution in [1.29, 1.82) is 0 Å². The van der Waals surface area contributed by atoms with Gasteiger partial charge in [0.05, 0.1) is 22.0 Å². The molecule has 0 aliphatic rings. The maximum absolute atomic E-state index is 12.1. The molecule has 1 amide bonds. The second-order valence-electron chi connectivity index (χ2n) is 4.12. The molecule has 0 radical (unpaired) electrons. The monoisotopic (exact) mass is 294 g/mol. The molecule has 0 saturated carbocycles. The molecule has 3 nitrogen and oxygen atoms in total. The largest absolute Gasteiger partial charge is 0.397 e. The number of nitrogens with one attached hydrogen (secondary N) is 1. The van der Waals surface area contributed by atoms with Crippen LogP contribution in [0.1, 0.15) is 15.9 Å². The smallest absolute Gasteiger partial charge is 0.257 e. The van der Waals surface area contributed by atoms with Crippen molar-refractivity contribution in [2.75, 3.05) is 11.1 Å². The number of nitrogens with two attached hydrogens (primary N) is 1. The van der Waals surface area contributed by atoms with Crippen LogP contribution in [0.25, 0.3) is 0 Å². The van der Waals surface area contributed by atoms with Crippen LogP contribution in [-0.4, -0.2) is 5.91 Å². The van der Waals surface area contributed by atoms with Gasteiger partial charge in [-0.25, -0.2) is 0 Å². The van der Waals surface area contributed by atoms with Crippen LogP contribution in [-0.2, 0) is 0 Å². The van der Waals surface area contributed by atoms with Gasteiger partial charge in [-0.3, -0.25) is 4.79 Å². The van der Waals surface area contributed by atoms with Crippen molar-refractivity contribution in [3.8, 4) is 0 Å². The highest BCUT2D eigenvalue weighted by atomic mass is 35.5. The van der Waals surface area contributed by atoms with E-state index in [9.17, 15) is 4.79 Å². The molecule has 2 rings (SSSR count). The first kappa shape index (κ1) is 13.7. The summed E-state index contributed by atoms with van der Waals surface area (Å²) in [5.74, 6) is -0.303. The van der Waals surface area contributed by atoms with E-state index >= 15 is 0 Å². The van der Waals surface area contributed by atoms with Gasteiger partial charge >= 0.3 is 0 Å². The van der Waals surface area contributed by atoms with E-state index in [4.69, 9.17) is 28.9 Å². The van der Waals surface area contributed by atoms with Crippen molar-refractivity contribution >= 4 is 40.5 Å². The number of aryl methyl sites for hydroxylation is 1. The van der Waals surface area contributed by atoms with Crippen molar-refractivity contribution in [3.63, 3.8) is 0 Å². The number of benzene rings is 2. The molecule has 0 unspecified atom stereocenters. The minimum atomic E-state index is -0.303. The zero-order valence-corrected chi connectivity index (χ0v) is 11.7. The number of nitrogen functional groups attached to an aromatic ring is 1. The van der Waals surface area contributed by atoms with Crippen LogP contribution in [0.4, 0.5) is 11.4 Å². The van der Waals surface area contributed by atoms with Gasteiger partial charge in [0, 0.05) is 5.02 Å². The number of amides is 1. The van der Waals surface area contributed by atoms with Crippen molar-refractivity contribution in [1.82, 2.24) is 0 Å². The zero-order valence-electron chi connectivity index (χ0n) is 10.2. The summed E-state index contributed by atoms with van der Waals surface area (Å²) in [7, 11) is 0. The molecule has 0 heterocycles. The van der Waals surface area contributed by atoms with E-state index < -0.39 is 0 Å². The summed E-state index contributed by atoms with van der Waals surface area (Å²) < 4.78 is 0. The Morgan fingerprint density at radius 2 is 1.95 bits per heavy atom. The summed E-state index contributed by atoms with van der Waals surface area (Å²) in [6.45, 7) is 1.84. The van der Waals surface area contributed by atoms with Gasteiger partial charge in [-0.05, 0) is 36.8 Å². The van der Waals surface area contributed by atoms with Crippen LogP contribution < -0.4 is 11.1 Å². The van der Waals surface area contributed by atoms with Gasteiger partial charge in [-0.2, -0.15) is 0 Å². The maximum Gasteiger partial charge on any atom is 0.257 e. The number of anilines is 2. The van der Waals surface area contributed by atoms with E-state index in [-0.39, 0.29) is 5.91 Å². The summed E-state index contributed by atoms with van der Waals surface area (Å²) >= 11 is 11.9. The van der Waals surface area contributed by atoms with Gasteiger partial charge in [0.25, 0.3) is 5.91 Å². The summed E-state index contributed by atoms with van der Waals surface area (Å²) in [6, 6.07) is 10.2. The Kier molecular flexibility index (Phi) is 3.98. The fourth-order valence-corrected chi connectivity index (χ4v) is 2.05. The predicted octanol–water partition coefficient (Wildman–Crippen LogP) is 4.14. The predicted molar refractivity (Wildman–Crippen MR) is 80.0 cm³/mol. The maximum atomic E-state index is 12.1. The van der Waals surface area contributed by atoms with Crippen molar-refractivity contribution in [2.45, 2.75) is 6.92 Å². The molecule has 0 aliphatic carbocycles. The van der Waals surface area contributed by atoms with Gasteiger partial charge < -0.3 is 11.1 Å². The quantitative estimate of drug-likeness (QED) is 0.818. The lowest BCUT2D eigenvalue weighted by Crippen LogP contribution is -2.14. The Morgan fingerprint density at radius 3 is 2.63 bits per heavy atom. The van der Waals surface area contributed by atoms with Crippen LogP contribution in [0.5, 0.6) is 0 Å². The second kappa shape index (κ2) is 5.51. The molecule has 0 aliphatic heterocycles. The highest BCUT2D eigenvalue weighted by molar-refractivity contribution is 6.35. The Bertz CT molecular complexity index is 641. The Morgan fingerprint density at radius 1 is 1.21 bits per heavy atom. The minimum absolute atomic E-state index is 0.303. The van der Waals surface area contributed by atoms with Gasteiger partial charge in [-0.15, -0.1) is 0 Å². The first-order chi connectivity index (χ1) is 8.99. The summed E-state index contributed by atoms with van der Waals surface area (Å²) in [5, 5.41) is 3.67. The van der Waals surface area contributed by atoms with Crippen molar-refractivity contribution in [2.24, 2.45) is 0 Å². The van der Waals surface area contributed by atoms with E-state index in [1.165, 1.54) is 0 Å². The van der Waals surface area contributed by atoms with E-state index in [1.54, 1.807) is 30.3 Å². The average molecular weight is 295 g/mol. The number of hydrogen-bond acceptors (Lipinski definition) is 2. The van der Waals surface area contributed by atoms with Gasteiger partial charge in [0.15, 0.2) is 0 Å². The Labute approximate surface area is 121 Å². The lowest BCUT2D eigenvalue weighted by Gasteiger charge is -2.10. The number of hydrogen-bond donors (Lipinski definition) is 2. The van der Waals surface area contributed by atoms with Crippen molar-refractivity contribution in [3.05, 3.63) is 57.6 Å². The van der Waals surface area contributed by atoms with Crippen LogP contribution in [0.2, 0.25) is 10.0 Å². The van der Waals surface area contributed by atoms with Gasteiger partial charge in [0.2, 0.25) is 0 Å². The molecule has 2 aromatic carbocycles. The highest BCUT2D eigenvalue weighted by Crippen LogP contribution is 2.25. The Balaban J connectivity index is 2.28. The van der Waals surface area contributed by atoms with Crippen LogP contribution in [0, 0.1) is 6.92 Å². The number of carbonyl (C=O) groups is 1. The van der Waals surface area contributed by atoms with Crippen molar-refractivity contribution < 1.29 is 4.79 Å². The number of carbonyl (C=O) groups excluding carboxylic acids is 1. The van der Waals surface area contributed by atoms with E-state index in [1.807, 2.05) is 13.0 Å². The molecule has 3 N–H and O–H groups in total. The van der Waals surface area contributed by atoms with Gasteiger partial charge in [-0.1, -0.05) is 35.3 Å². The van der Waals surface area contributed by atoms with Gasteiger partial charge in [0.1, 0.15) is 0 Å². The average Bonchev–Trinajstić information content (AvgIpc) is 2.36. The summed E-state index contributed by atoms with van der Waals surface area (Å²) in [5.41, 5.74) is 7.96. The first-order valence-electron chi connectivity index (χ1n) is 5.60. The molecule has 0 bridgehead atoms. The van der Waals surface area contributed by atoms with Crippen LogP contribution in [0.15, 0.2) is 36.4 Å². The zero-order chi connectivity index (χ0) is 14.0. The molecule has 5 heteroatoms. The number of rotatable bonds is 2. The minimum Gasteiger partial charge on any atom is -0.397 e. The van der Waals surface area contributed by atoms with Crippen LogP contribution >= 0.6 is 23.2 Å². The standard InChI is InChI=1S/C14H12Cl2N2O/c1-8-3-2-4-10(13(8)16)14(19)18-12-6-5-9(15)7-11(12)17/h2-7H,17H2,1H3,(H,18,19). The third-order valence-corrected chi connectivity index (χ3v) is 3.44. The third-order valence-electron chi connectivity index (χ3n) is 2.70. The summed E-state index contributed by atoms with van der Waals surface area (Å²) in [6.07, 6.45) is 0. The topological polar surface area (TPSA) is 55.1 Å². The van der Waals surface area contributed by atoms with E-state index in [0.717, 1.165) is 5.56 Å². The molecule has 2 aromatic rings. The number of halogens is 2. The third kappa shape index (κ3) is 3.00. The lowest BCUT2D eigenvalue weighted by atomic mass is 10.1. The molecule has 98 valence electrons. The molecule has 0 aromatic heterocycles. The van der Waals surface area contributed by atoms with E-state index in [2.05, 4.69) is 5.32 Å². The second-order valence-corrected chi connectivity index (χ2v) is 4.94. The van der Waals surface area contributed by atoms with E-state index in [0.29, 0.717) is 27.0 Å². The molecule has 0 spiro atoms. The Hall–Kier alpha value is -1.71. The molecule has 0 atom stereocenters. The molecule has 19 heavy (non-hydrogen) atoms. The molecular weight excluding hydrogens is 283 g/mol. The fourth-order valence-electron chi connectivity index (χ4n) is 1.66. The summed E-state index contributed by atoms with van der Waals surface area (Å²) in [4.78, 5) is 12.1. The van der Waals surface area contributed by atoms with Crippen LogP contribution in [0.3, 0.4) is 0 Å². The molecule has 0 fully saturated rings. The lowest BCUT2D eigenvalue weighted by molar-refractivity contribution is 0.102. The highest BCUT2D eigenvalue weighted by Gasteiger charge is 2.13. The molecular formula is C14H12Cl2N2O. The normalized spacial score (nSPS) is 10.3. The molecule has 0 saturated heterocycles. The first-order valence-corrected chi connectivity index (χ1v) is 6.36.